The highest BCUT2D eigenvalue weighted by molar-refractivity contribution is 7.92. The predicted molar refractivity (Wildman–Crippen MR) is 145 cm³/mol. The number of para-hydroxylation sites is 1. The zero-order valence-electron chi connectivity index (χ0n) is 19.9. The molecular formula is C24H31B2NO6S2. The van der Waals surface area contributed by atoms with Crippen LogP contribution in [-0.2, 0) is 31.4 Å². The van der Waals surface area contributed by atoms with Gasteiger partial charge in [0.2, 0.25) is 10.0 Å². The Bertz CT molecular complexity index is 1250. The van der Waals surface area contributed by atoms with E-state index >= 15 is 0 Å². The molecule has 0 saturated carbocycles. The zero-order valence-corrected chi connectivity index (χ0v) is 21.5. The van der Waals surface area contributed by atoms with Gasteiger partial charge in [0.1, 0.15) is 0 Å². The first-order chi connectivity index (χ1) is 16.5. The smallest absolute Gasteiger partial charge is 0.322 e. The number of anilines is 1. The van der Waals surface area contributed by atoms with Crippen molar-refractivity contribution in [2.75, 3.05) is 10.5 Å². The van der Waals surface area contributed by atoms with Crippen LogP contribution in [0.4, 0.5) is 5.69 Å². The summed E-state index contributed by atoms with van der Waals surface area (Å²) in [5, 5.41) is 18.7. The van der Waals surface area contributed by atoms with Crippen LogP contribution in [0.2, 0.25) is 20.0 Å². The van der Waals surface area contributed by atoms with Gasteiger partial charge in [0.15, 0.2) is 9.84 Å². The monoisotopic (exact) mass is 515 g/mol. The lowest BCUT2D eigenvalue weighted by Gasteiger charge is -2.13. The minimum Gasteiger partial charge on any atom is -0.451 e. The molecule has 0 bridgehead atoms. The van der Waals surface area contributed by atoms with Crippen LogP contribution in [0, 0.1) is 0 Å². The lowest BCUT2D eigenvalue weighted by atomic mass is 9.64. The van der Waals surface area contributed by atoms with Gasteiger partial charge < -0.3 is 10.0 Å². The molecule has 35 heavy (non-hydrogen) atoms. The predicted octanol–water partition coefficient (Wildman–Crippen LogP) is 2.66. The third-order valence-electron chi connectivity index (χ3n) is 4.95. The van der Waals surface area contributed by atoms with Crippen molar-refractivity contribution in [3.63, 3.8) is 0 Å². The SMILES string of the molecule is CB(O)CCS(=O)(=O)Cc1ccccc1.CB(O)c1ccccc1NS(=O)(=O)Cc1ccccc1. The molecule has 0 spiro atoms. The summed E-state index contributed by atoms with van der Waals surface area (Å²) in [4.78, 5) is 0. The molecule has 3 N–H and O–H groups in total. The molecular weight excluding hydrogens is 484 g/mol. The lowest BCUT2D eigenvalue weighted by Crippen LogP contribution is -2.31. The van der Waals surface area contributed by atoms with Gasteiger partial charge >= 0.3 is 6.92 Å². The van der Waals surface area contributed by atoms with Crippen LogP contribution in [0.5, 0.6) is 0 Å². The third kappa shape index (κ3) is 11.1. The third-order valence-corrected chi connectivity index (χ3v) is 7.83. The quantitative estimate of drug-likeness (QED) is 0.357. The summed E-state index contributed by atoms with van der Waals surface area (Å²) in [7, 11) is -6.59. The van der Waals surface area contributed by atoms with Crippen molar-refractivity contribution in [2.24, 2.45) is 0 Å². The molecule has 0 aliphatic carbocycles. The second-order valence-electron chi connectivity index (χ2n) is 8.33. The van der Waals surface area contributed by atoms with Gasteiger partial charge in [-0.1, -0.05) is 92.5 Å². The van der Waals surface area contributed by atoms with Crippen molar-refractivity contribution in [1.82, 2.24) is 0 Å². The van der Waals surface area contributed by atoms with Crippen LogP contribution in [0.15, 0.2) is 84.9 Å². The molecule has 0 aromatic heterocycles. The summed E-state index contributed by atoms with van der Waals surface area (Å²) in [6.45, 7) is 1.91. The standard InChI is InChI=1S/C14H16BNO3S.C10H15BO3S/c1-15(17)13-9-5-6-10-14(13)16-20(18,19)11-12-7-3-2-4-8-12;1-11(12)7-8-15(13,14)9-10-5-3-2-4-6-10/h2-10,16-17H,11H2,1H3;2-6,12H,7-9H2,1H3. The van der Waals surface area contributed by atoms with Crippen molar-refractivity contribution in [3.05, 3.63) is 96.1 Å². The number of nitrogens with one attached hydrogen (secondary N) is 1. The van der Waals surface area contributed by atoms with Gasteiger partial charge in [-0.3, -0.25) is 4.72 Å². The van der Waals surface area contributed by atoms with E-state index in [-0.39, 0.29) is 17.3 Å². The Labute approximate surface area is 209 Å². The number of hydrogen-bond donors (Lipinski definition) is 3. The average Bonchev–Trinajstić information content (AvgIpc) is 2.79. The van der Waals surface area contributed by atoms with Crippen molar-refractivity contribution >= 4 is 44.8 Å². The molecule has 0 amide bonds. The van der Waals surface area contributed by atoms with E-state index in [1.165, 1.54) is 0 Å². The van der Waals surface area contributed by atoms with Crippen molar-refractivity contribution in [3.8, 4) is 0 Å². The first-order valence-electron chi connectivity index (χ1n) is 11.2. The van der Waals surface area contributed by atoms with Gasteiger partial charge in [0.05, 0.1) is 11.5 Å². The lowest BCUT2D eigenvalue weighted by molar-refractivity contribution is 0.573. The zero-order chi connectivity index (χ0) is 25.9. The number of benzene rings is 3. The van der Waals surface area contributed by atoms with E-state index in [0.717, 1.165) is 11.1 Å². The summed E-state index contributed by atoms with van der Waals surface area (Å²) in [6.07, 6.45) is 0.301. The maximum absolute atomic E-state index is 12.2. The van der Waals surface area contributed by atoms with E-state index in [1.807, 2.05) is 24.3 Å². The Morgan fingerprint density at radius 3 is 1.71 bits per heavy atom. The van der Waals surface area contributed by atoms with Gasteiger partial charge in [-0.25, -0.2) is 16.8 Å². The first kappa shape index (κ1) is 28.6. The molecule has 3 aromatic rings. The molecule has 0 fully saturated rings. The minimum absolute atomic E-state index is 0.0412. The maximum Gasteiger partial charge on any atom is 0.322 e. The summed E-state index contributed by atoms with van der Waals surface area (Å²) in [5.41, 5.74) is 2.49. The van der Waals surface area contributed by atoms with Crippen molar-refractivity contribution in [2.45, 2.75) is 31.5 Å². The topological polar surface area (TPSA) is 121 Å². The number of sulfonamides is 1. The van der Waals surface area contributed by atoms with Gasteiger partial charge in [0, 0.05) is 11.4 Å². The van der Waals surface area contributed by atoms with E-state index in [0.29, 0.717) is 17.5 Å². The fourth-order valence-electron chi connectivity index (χ4n) is 3.20. The molecule has 0 aliphatic rings. The van der Waals surface area contributed by atoms with Crippen LogP contribution in [-0.4, -0.2) is 46.5 Å². The Morgan fingerprint density at radius 1 is 0.714 bits per heavy atom. The van der Waals surface area contributed by atoms with Crippen LogP contribution in [0.3, 0.4) is 0 Å². The molecule has 11 heteroatoms. The summed E-state index contributed by atoms with van der Waals surface area (Å²) >= 11 is 0. The second-order valence-corrected chi connectivity index (χ2v) is 12.2. The summed E-state index contributed by atoms with van der Waals surface area (Å²) < 4.78 is 50.0. The molecule has 0 heterocycles. The van der Waals surface area contributed by atoms with Gasteiger partial charge in [-0.05, 0) is 29.0 Å². The molecule has 0 unspecified atom stereocenters. The Kier molecular flexibility index (Phi) is 11.0. The van der Waals surface area contributed by atoms with Crippen molar-refractivity contribution < 1.29 is 26.9 Å². The highest BCUT2D eigenvalue weighted by atomic mass is 32.2. The molecule has 3 rings (SSSR count). The molecule has 0 radical (unpaired) electrons. The van der Waals surface area contributed by atoms with Crippen LogP contribution in [0.1, 0.15) is 11.1 Å². The number of rotatable bonds is 10. The van der Waals surface area contributed by atoms with E-state index in [1.54, 1.807) is 74.3 Å². The van der Waals surface area contributed by atoms with E-state index in [2.05, 4.69) is 4.72 Å². The average molecular weight is 515 g/mol. The number of hydrogen-bond acceptors (Lipinski definition) is 6. The van der Waals surface area contributed by atoms with E-state index in [4.69, 9.17) is 5.02 Å². The fraction of sp³-hybridized carbons (Fsp3) is 0.250. The van der Waals surface area contributed by atoms with Gasteiger partial charge in [-0.2, -0.15) is 0 Å². The van der Waals surface area contributed by atoms with E-state index in [9.17, 15) is 21.9 Å². The van der Waals surface area contributed by atoms with Crippen LogP contribution < -0.4 is 10.2 Å². The highest BCUT2D eigenvalue weighted by Crippen LogP contribution is 2.12. The summed E-state index contributed by atoms with van der Waals surface area (Å²) in [6, 6.07) is 24.9. The Balaban J connectivity index is 0.000000258. The highest BCUT2D eigenvalue weighted by Gasteiger charge is 2.17. The maximum atomic E-state index is 12.2. The molecule has 3 aromatic carbocycles. The van der Waals surface area contributed by atoms with Gasteiger partial charge in [0.25, 0.3) is 6.92 Å². The second kappa shape index (κ2) is 13.5. The molecule has 186 valence electrons. The van der Waals surface area contributed by atoms with Crippen molar-refractivity contribution in [1.29, 1.82) is 0 Å². The molecule has 0 saturated heterocycles. The van der Waals surface area contributed by atoms with Gasteiger partial charge in [-0.15, -0.1) is 0 Å². The Morgan fingerprint density at radius 2 is 1.20 bits per heavy atom. The van der Waals surface area contributed by atoms with Crippen LogP contribution in [0.25, 0.3) is 0 Å². The largest absolute Gasteiger partial charge is 0.451 e. The first-order valence-corrected chi connectivity index (χ1v) is 14.7. The number of sulfone groups is 1. The minimum atomic E-state index is -3.50. The van der Waals surface area contributed by atoms with E-state index < -0.39 is 33.7 Å². The molecule has 0 atom stereocenters. The normalized spacial score (nSPS) is 11.2. The van der Waals surface area contributed by atoms with Crippen LogP contribution >= 0.6 is 0 Å². The fourth-order valence-corrected chi connectivity index (χ4v) is 5.97. The summed E-state index contributed by atoms with van der Waals surface area (Å²) in [5.74, 6) is 0.00209. The Hall–Kier alpha value is -2.59. The molecule has 7 nitrogen and oxygen atoms in total. The molecule has 0 aliphatic heterocycles.